The molecule has 0 aromatic heterocycles. The van der Waals surface area contributed by atoms with Crippen LogP contribution >= 0.6 is 0 Å². The molecule has 0 heterocycles. The second-order valence-electron chi connectivity index (χ2n) is 8.78. The largest absolute Gasteiger partial charge is 0.489 e. The molecule has 0 unspecified atom stereocenters. The zero-order valence-corrected chi connectivity index (χ0v) is 23.7. The molecule has 2 rings (SSSR count). The van der Waals surface area contributed by atoms with Gasteiger partial charge >= 0.3 is 12.1 Å². The number of ether oxygens (including phenoxy) is 6. The van der Waals surface area contributed by atoms with E-state index in [4.69, 9.17) is 33.5 Å². The van der Waals surface area contributed by atoms with E-state index in [-0.39, 0.29) is 51.9 Å². The van der Waals surface area contributed by atoms with Crippen LogP contribution in [0.2, 0.25) is 0 Å². The third-order valence-corrected chi connectivity index (χ3v) is 5.44. The van der Waals surface area contributed by atoms with E-state index >= 15 is 0 Å². The van der Waals surface area contributed by atoms with Crippen molar-refractivity contribution in [2.24, 2.45) is 0 Å². The molecule has 0 aliphatic carbocycles. The minimum Gasteiger partial charge on any atom is -0.489 e. The van der Waals surface area contributed by atoms with E-state index in [1.54, 1.807) is 0 Å². The molecule has 0 saturated carbocycles. The summed E-state index contributed by atoms with van der Waals surface area (Å²) in [4.78, 5) is 35.3. The number of benzene rings is 2. The minimum absolute atomic E-state index is 0.0247. The fourth-order valence-electron chi connectivity index (χ4n) is 3.41. The smallest absolute Gasteiger partial charge is 0.408 e. The highest BCUT2D eigenvalue weighted by atomic mass is 16.6. The Morgan fingerprint density at radius 1 is 0.810 bits per heavy atom. The number of aliphatic carboxylic acids is 1. The normalized spacial score (nSPS) is 11.3. The monoisotopic (exact) mass is 588 g/mol. The Balaban J connectivity index is 1.67. The minimum atomic E-state index is -1.02. The summed E-state index contributed by atoms with van der Waals surface area (Å²) in [5.41, 5.74) is 1.89. The van der Waals surface area contributed by atoms with E-state index in [0.717, 1.165) is 11.1 Å². The third kappa shape index (κ3) is 16.3. The van der Waals surface area contributed by atoms with Crippen molar-refractivity contribution in [3.8, 4) is 5.75 Å². The SMILES string of the molecule is C=CCOC(=O)N[C@@H](Cc1ccc(OCc2ccccc2)cc1)C(=O)NCCOCCOCCOCCOCC(=O)O. The van der Waals surface area contributed by atoms with Gasteiger partial charge in [0.25, 0.3) is 0 Å². The van der Waals surface area contributed by atoms with Gasteiger partial charge in [-0.1, -0.05) is 55.1 Å². The molecule has 0 fully saturated rings. The molecule has 0 spiro atoms. The molecular formula is C30H40N2O10. The average molecular weight is 589 g/mol. The van der Waals surface area contributed by atoms with Crippen LogP contribution in [-0.2, 0) is 46.3 Å². The number of amides is 2. The lowest BCUT2D eigenvalue weighted by atomic mass is 10.1. The van der Waals surface area contributed by atoms with Gasteiger partial charge in [-0.25, -0.2) is 9.59 Å². The van der Waals surface area contributed by atoms with Gasteiger partial charge in [0.1, 0.15) is 31.6 Å². The van der Waals surface area contributed by atoms with E-state index in [1.807, 2.05) is 54.6 Å². The van der Waals surface area contributed by atoms with Crippen molar-refractivity contribution in [3.63, 3.8) is 0 Å². The summed E-state index contributed by atoms with van der Waals surface area (Å²) in [6.07, 6.45) is 0.969. The Morgan fingerprint density at radius 3 is 2.05 bits per heavy atom. The molecule has 2 amide bonds. The van der Waals surface area contributed by atoms with Gasteiger partial charge in [-0.15, -0.1) is 0 Å². The number of hydrogen-bond donors (Lipinski definition) is 3. The van der Waals surface area contributed by atoms with Crippen molar-refractivity contribution in [2.45, 2.75) is 19.1 Å². The van der Waals surface area contributed by atoms with Crippen LogP contribution in [0, 0.1) is 0 Å². The number of nitrogens with one attached hydrogen (secondary N) is 2. The summed E-state index contributed by atoms with van der Waals surface area (Å²) in [6.45, 7) is 5.98. The van der Waals surface area contributed by atoms with Crippen LogP contribution in [0.4, 0.5) is 4.79 Å². The fraction of sp³-hybridized carbons (Fsp3) is 0.433. The van der Waals surface area contributed by atoms with Crippen molar-refractivity contribution in [1.29, 1.82) is 0 Å². The number of hydrogen-bond acceptors (Lipinski definition) is 9. The van der Waals surface area contributed by atoms with E-state index in [9.17, 15) is 14.4 Å². The highest BCUT2D eigenvalue weighted by molar-refractivity contribution is 5.85. The molecular weight excluding hydrogens is 548 g/mol. The van der Waals surface area contributed by atoms with Crippen LogP contribution in [0.5, 0.6) is 5.75 Å². The van der Waals surface area contributed by atoms with Crippen LogP contribution < -0.4 is 15.4 Å². The van der Waals surface area contributed by atoms with Gasteiger partial charge in [0, 0.05) is 13.0 Å². The number of alkyl carbamates (subject to hydrolysis) is 1. The highest BCUT2D eigenvalue weighted by Crippen LogP contribution is 2.15. The lowest BCUT2D eigenvalue weighted by Crippen LogP contribution is -2.48. The summed E-state index contributed by atoms with van der Waals surface area (Å²) in [7, 11) is 0. The number of carboxylic acid groups (broad SMARTS) is 1. The van der Waals surface area contributed by atoms with Crippen LogP contribution in [0.3, 0.4) is 0 Å². The number of carbonyl (C=O) groups is 3. The van der Waals surface area contributed by atoms with Crippen LogP contribution in [-0.4, -0.2) is 95.1 Å². The van der Waals surface area contributed by atoms with Gasteiger partial charge < -0.3 is 44.2 Å². The van der Waals surface area contributed by atoms with Gasteiger partial charge in [-0.2, -0.15) is 0 Å². The number of carboxylic acids is 1. The summed E-state index contributed by atoms with van der Waals surface area (Å²) < 4.78 is 31.8. The van der Waals surface area contributed by atoms with Gasteiger partial charge in [0.2, 0.25) is 5.91 Å². The summed E-state index contributed by atoms with van der Waals surface area (Å²) in [6, 6.07) is 16.3. The first kappa shape index (κ1) is 34.2. The Hall–Kier alpha value is -3.97. The molecule has 3 N–H and O–H groups in total. The summed E-state index contributed by atoms with van der Waals surface area (Å²) in [5.74, 6) is -0.706. The highest BCUT2D eigenvalue weighted by Gasteiger charge is 2.21. The standard InChI is InChI=1S/C30H40N2O10/c1-2-13-41-30(36)32-27(21-24-8-10-26(11-9-24)42-22-25-6-4-3-5-7-25)29(35)31-12-14-37-15-16-38-17-18-39-19-20-40-23-28(33)34/h2-11,27H,1,12-23H2,(H,31,35)(H,32,36)(H,33,34)/t27-/m0/s1. The lowest BCUT2D eigenvalue weighted by Gasteiger charge is -2.18. The maximum absolute atomic E-state index is 12.9. The molecule has 0 aliphatic rings. The molecule has 0 saturated heterocycles. The molecule has 42 heavy (non-hydrogen) atoms. The zero-order valence-electron chi connectivity index (χ0n) is 23.7. The first-order chi connectivity index (χ1) is 20.5. The quantitative estimate of drug-likeness (QED) is 0.130. The predicted octanol–water partition coefficient (Wildman–Crippen LogP) is 2.36. The van der Waals surface area contributed by atoms with Gasteiger partial charge in [-0.05, 0) is 23.3 Å². The average Bonchev–Trinajstić information content (AvgIpc) is 2.99. The molecule has 0 aliphatic heterocycles. The fourth-order valence-corrected chi connectivity index (χ4v) is 3.41. The molecule has 2 aromatic rings. The first-order valence-electron chi connectivity index (χ1n) is 13.6. The molecule has 12 nitrogen and oxygen atoms in total. The van der Waals surface area contributed by atoms with Crippen molar-refractivity contribution in [3.05, 3.63) is 78.4 Å². The second-order valence-corrected chi connectivity index (χ2v) is 8.78. The van der Waals surface area contributed by atoms with Gasteiger partial charge in [0.05, 0.1) is 46.2 Å². The number of rotatable bonds is 23. The summed E-state index contributed by atoms with van der Waals surface area (Å²) >= 11 is 0. The maximum Gasteiger partial charge on any atom is 0.408 e. The molecule has 0 bridgehead atoms. The topological polar surface area (TPSA) is 151 Å². The van der Waals surface area contributed by atoms with Crippen LogP contribution in [0.25, 0.3) is 0 Å². The third-order valence-electron chi connectivity index (χ3n) is 5.44. The molecule has 0 radical (unpaired) electrons. The summed E-state index contributed by atoms with van der Waals surface area (Å²) in [5, 5.41) is 13.8. The molecule has 2 aromatic carbocycles. The van der Waals surface area contributed by atoms with Crippen LogP contribution in [0.15, 0.2) is 67.3 Å². The van der Waals surface area contributed by atoms with Crippen molar-refractivity contribution in [2.75, 3.05) is 66.0 Å². The zero-order chi connectivity index (χ0) is 30.3. The Bertz CT molecular complexity index is 1050. The van der Waals surface area contributed by atoms with Crippen LogP contribution in [0.1, 0.15) is 11.1 Å². The molecule has 230 valence electrons. The Kier molecular flexibility index (Phi) is 17.7. The van der Waals surface area contributed by atoms with Gasteiger partial charge in [0.15, 0.2) is 0 Å². The first-order valence-corrected chi connectivity index (χ1v) is 13.6. The van der Waals surface area contributed by atoms with Crippen molar-refractivity contribution in [1.82, 2.24) is 10.6 Å². The van der Waals surface area contributed by atoms with E-state index < -0.39 is 18.1 Å². The lowest BCUT2D eigenvalue weighted by molar-refractivity contribution is -0.142. The van der Waals surface area contributed by atoms with E-state index in [0.29, 0.717) is 38.8 Å². The molecule has 1 atom stereocenters. The van der Waals surface area contributed by atoms with E-state index in [2.05, 4.69) is 17.2 Å². The second kappa shape index (κ2) is 21.7. The van der Waals surface area contributed by atoms with Gasteiger partial charge in [-0.3, -0.25) is 4.79 Å². The predicted molar refractivity (Wildman–Crippen MR) is 153 cm³/mol. The van der Waals surface area contributed by atoms with E-state index in [1.165, 1.54) is 6.08 Å². The van der Waals surface area contributed by atoms with Crippen molar-refractivity contribution < 1.29 is 47.9 Å². The molecule has 12 heteroatoms. The van der Waals surface area contributed by atoms with Crippen molar-refractivity contribution >= 4 is 18.0 Å². The number of carbonyl (C=O) groups excluding carboxylic acids is 2. The Morgan fingerprint density at radius 2 is 1.43 bits per heavy atom. The maximum atomic E-state index is 12.9. The Labute approximate surface area is 245 Å².